The van der Waals surface area contributed by atoms with Crippen molar-refractivity contribution in [2.45, 2.75) is 30.6 Å². The minimum atomic E-state index is -3.55. The summed E-state index contributed by atoms with van der Waals surface area (Å²) in [5, 5.41) is 2.92. The fourth-order valence-corrected chi connectivity index (χ4v) is 5.69. The van der Waals surface area contributed by atoms with E-state index in [0.717, 1.165) is 25.9 Å². The second-order valence-electron chi connectivity index (χ2n) is 8.03. The fourth-order valence-electron chi connectivity index (χ4n) is 4.20. The van der Waals surface area contributed by atoms with Gasteiger partial charge < -0.3 is 10.2 Å². The maximum Gasteiger partial charge on any atom is 0.255 e. The first kappa shape index (κ1) is 21.5. The van der Waals surface area contributed by atoms with E-state index in [1.165, 1.54) is 4.31 Å². The molecule has 4 rings (SSSR count). The lowest BCUT2D eigenvalue weighted by molar-refractivity contribution is -0.120. The number of hydrogen-bond acceptors (Lipinski definition) is 4. The average molecular weight is 442 g/mol. The number of carbonyl (C=O) groups excluding carboxylic acids is 2. The molecule has 2 aromatic rings. The first-order valence-electron chi connectivity index (χ1n) is 10.7. The number of nitrogens with one attached hydrogen (secondary N) is 1. The summed E-state index contributed by atoms with van der Waals surface area (Å²) in [5.41, 5.74) is 1.02. The highest BCUT2D eigenvalue weighted by atomic mass is 32.2. The van der Waals surface area contributed by atoms with Crippen LogP contribution in [0.15, 0.2) is 59.5 Å². The Morgan fingerprint density at radius 1 is 0.839 bits per heavy atom. The third-order valence-electron chi connectivity index (χ3n) is 6.01. The van der Waals surface area contributed by atoms with E-state index in [2.05, 4.69) is 5.32 Å². The van der Waals surface area contributed by atoms with Crippen molar-refractivity contribution in [3.63, 3.8) is 0 Å². The molecule has 31 heavy (non-hydrogen) atoms. The summed E-state index contributed by atoms with van der Waals surface area (Å²) in [7, 11) is -3.55. The van der Waals surface area contributed by atoms with Crippen molar-refractivity contribution < 1.29 is 18.0 Å². The highest BCUT2D eigenvalue weighted by Gasteiger charge is 2.32. The van der Waals surface area contributed by atoms with Crippen molar-refractivity contribution in [2.75, 3.05) is 31.5 Å². The number of hydrogen-bond donors (Lipinski definition) is 1. The van der Waals surface area contributed by atoms with Gasteiger partial charge in [0.05, 0.1) is 16.1 Å². The van der Waals surface area contributed by atoms with Crippen LogP contribution in [-0.2, 0) is 14.8 Å². The Bertz CT molecular complexity index is 1040. The van der Waals surface area contributed by atoms with Crippen molar-refractivity contribution >= 4 is 27.5 Å². The van der Waals surface area contributed by atoms with Gasteiger partial charge >= 0.3 is 0 Å². The van der Waals surface area contributed by atoms with E-state index in [0.29, 0.717) is 37.2 Å². The first-order valence-corrected chi connectivity index (χ1v) is 12.2. The highest BCUT2D eigenvalue weighted by molar-refractivity contribution is 7.89. The maximum absolute atomic E-state index is 12.9. The van der Waals surface area contributed by atoms with E-state index in [-0.39, 0.29) is 22.6 Å². The molecule has 2 aliphatic rings. The Labute approximate surface area is 183 Å². The van der Waals surface area contributed by atoms with Crippen LogP contribution in [0.4, 0.5) is 5.69 Å². The van der Waals surface area contributed by atoms with E-state index in [4.69, 9.17) is 0 Å². The van der Waals surface area contributed by atoms with Crippen LogP contribution in [0.1, 0.15) is 36.0 Å². The predicted octanol–water partition coefficient (Wildman–Crippen LogP) is 2.96. The number of para-hydroxylation sites is 1. The largest absolute Gasteiger partial charge is 0.339 e. The van der Waals surface area contributed by atoms with Crippen LogP contribution < -0.4 is 5.32 Å². The molecular formula is C23H27N3O4S. The summed E-state index contributed by atoms with van der Waals surface area (Å²) in [4.78, 5) is 27.8. The molecule has 0 atom stereocenters. The molecule has 2 heterocycles. The molecule has 0 aromatic heterocycles. The lowest BCUT2D eigenvalue weighted by Gasteiger charge is -2.30. The SMILES string of the molecule is O=C(Nc1ccccc1C(=O)N1CCCC1)C1CCN(S(=O)(=O)c2ccccc2)CC1. The number of nitrogens with zero attached hydrogens (tertiary/aromatic N) is 2. The van der Waals surface area contributed by atoms with Crippen LogP contribution >= 0.6 is 0 Å². The van der Waals surface area contributed by atoms with Crippen LogP contribution in [0, 0.1) is 5.92 Å². The Hall–Kier alpha value is -2.71. The Balaban J connectivity index is 1.40. The van der Waals surface area contributed by atoms with E-state index in [9.17, 15) is 18.0 Å². The monoisotopic (exact) mass is 441 g/mol. The van der Waals surface area contributed by atoms with Gasteiger partial charge in [-0.15, -0.1) is 0 Å². The van der Waals surface area contributed by atoms with Crippen molar-refractivity contribution in [3.8, 4) is 0 Å². The number of amides is 2. The quantitative estimate of drug-likeness (QED) is 0.773. The molecule has 1 N–H and O–H groups in total. The Morgan fingerprint density at radius 2 is 1.45 bits per heavy atom. The fraction of sp³-hybridized carbons (Fsp3) is 0.391. The lowest BCUT2D eigenvalue weighted by atomic mass is 9.97. The average Bonchev–Trinajstić information content (AvgIpc) is 3.35. The van der Waals surface area contributed by atoms with Gasteiger partial charge in [-0.05, 0) is 49.9 Å². The van der Waals surface area contributed by atoms with Gasteiger partial charge in [-0.3, -0.25) is 9.59 Å². The third-order valence-corrected chi connectivity index (χ3v) is 7.93. The summed E-state index contributed by atoms with van der Waals surface area (Å²) in [6.07, 6.45) is 2.90. The zero-order chi connectivity index (χ0) is 21.8. The summed E-state index contributed by atoms with van der Waals surface area (Å²) < 4.78 is 27.0. The molecule has 8 heteroatoms. The molecule has 0 radical (unpaired) electrons. The normalized spacial score (nSPS) is 18.1. The van der Waals surface area contributed by atoms with Crippen LogP contribution in [0.2, 0.25) is 0 Å². The number of piperidine rings is 1. The van der Waals surface area contributed by atoms with Crippen molar-refractivity contribution in [1.82, 2.24) is 9.21 Å². The topological polar surface area (TPSA) is 86.8 Å². The molecular weight excluding hydrogens is 414 g/mol. The van der Waals surface area contributed by atoms with Gasteiger partial charge in [-0.25, -0.2) is 8.42 Å². The smallest absolute Gasteiger partial charge is 0.255 e. The van der Waals surface area contributed by atoms with Gasteiger partial charge in [0.1, 0.15) is 0 Å². The standard InChI is InChI=1S/C23H27N3O4S/c27-22(24-21-11-5-4-10-20(21)23(28)25-14-6-7-15-25)18-12-16-26(17-13-18)31(29,30)19-8-2-1-3-9-19/h1-5,8-11,18H,6-7,12-17H2,(H,24,27). The molecule has 2 fully saturated rings. The Kier molecular flexibility index (Phi) is 6.38. The van der Waals surface area contributed by atoms with Gasteiger partial charge in [0.25, 0.3) is 5.91 Å². The lowest BCUT2D eigenvalue weighted by Crippen LogP contribution is -2.41. The summed E-state index contributed by atoms with van der Waals surface area (Å²) in [6, 6.07) is 15.4. The minimum Gasteiger partial charge on any atom is -0.339 e. The van der Waals surface area contributed by atoms with Crippen LogP contribution in [0.25, 0.3) is 0 Å². The minimum absolute atomic E-state index is 0.0582. The number of likely N-dealkylation sites (tertiary alicyclic amines) is 1. The van der Waals surface area contributed by atoms with E-state index < -0.39 is 10.0 Å². The number of sulfonamides is 1. The first-order chi connectivity index (χ1) is 15.0. The number of rotatable bonds is 5. The molecule has 2 amide bonds. The molecule has 7 nitrogen and oxygen atoms in total. The van der Waals surface area contributed by atoms with Crippen LogP contribution in [-0.4, -0.2) is 55.6 Å². The molecule has 164 valence electrons. The van der Waals surface area contributed by atoms with Crippen molar-refractivity contribution in [1.29, 1.82) is 0 Å². The number of carbonyl (C=O) groups is 2. The van der Waals surface area contributed by atoms with E-state index in [1.54, 1.807) is 54.6 Å². The molecule has 0 unspecified atom stereocenters. The molecule has 0 bridgehead atoms. The van der Waals surface area contributed by atoms with Gasteiger partial charge in [0.15, 0.2) is 0 Å². The van der Waals surface area contributed by atoms with E-state index >= 15 is 0 Å². The van der Waals surface area contributed by atoms with Gasteiger partial charge in [0, 0.05) is 32.1 Å². The second kappa shape index (κ2) is 9.20. The van der Waals surface area contributed by atoms with E-state index in [1.807, 2.05) is 4.90 Å². The van der Waals surface area contributed by atoms with Gasteiger partial charge in [-0.1, -0.05) is 30.3 Å². The van der Waals surface area contributed by atoms with Crippen molar-refractivity contribution in [3.05, 3.63) is 60.2 Å². The van der Waals surface area contributed by atoms with Crippen LogP contribution in [0.5, 0.6) is 0 Å². The zero-order valence-electron chi connectivity index (χ0n) is 17.4. The summed E-state index contributed by atoms with van der Waals surface area (Å²) >= 11 is 0. The molecule has 0 saturated carbocycles. The Morgan fingerprint density at radius 3 is 2.13 bits per heavy atom. The van der Waals surface area contributed by atoms with Crippen molar-refractivity contribution in [2.24, 2.45) is 5.92 Å². The number of benzene rings is 2. The zero-order valence-corrected chi connectivity index (χ0v) is 18.2. The molecule has 2 saturated heterocycles. The predicted molar refractivity (Wildman–Crippen MR) is 118 cm³/mol. The second-order valence-corrected chi connectivity index (χ2v) is 9.96. The van der Waals surface area contributed by atoms with Crippen LogP contribution in [0.3, 0.4) is 0 Å². The van der Waals surface area contributed by atoms with Gasteiger partial charge in [0.2, 0.25) is 15.9 Å². The maximum atomic E-state index is 12.9. The molecule has 0 aliphatic carbocycles. The molecule has 2 aromatic carbocycles. The third kappa shape index (κ3) is 4.65. The summed E-state index contributed by atoms with van der Waals surface area (Å²) in [6.45, 7) is 2.08. The summed E-state index contributed by atoms with van der Waals surface area (Å²) in [5.74, 6) is -0.521. The highest BCUT2D eigenvalue weighted by Crippen LogP contribution is 2.26. The van der Waals surface area contributed by atoms with Gasteiger partial charge in [-0.2, -0.15) is 4.31 Å². The number of anilines is 1. The molecule has 2 aliphatic heterocycles. The molecule has 0 spiro atoms.